The van der Waals surface area contributed by atoms with Crippen molar-refractivity contribution in [3.05, 3.63) is 43.0 Å². The molecule has 0 amide bonds. The largest absolute Gasteiger partial charge is 0.493 e. The van der Waals surface area contributed by atoms with Crippen LogP contribution in [0.3, 0.4) is 0 Å². The average molecular weight is 590 g/mol. The van der Waals surface area contributed by atoms with Crippen LogP contribution in [0, 0.1) is 0 Å². The summed E-state index contributed by atoms with van der Waals surface area (Å²) in [6.07, 6.45) is 0.431. The molecular weight excluding hydrogens is 571 g/mol. The second-order valence-electron chi connectivity index (χ2n) is 6.20. The van der Waals surface area contributed by atoms with E-state index in [4.69, 9.17) is 44.2 Å². The van der Waals surface area contributed by atoms with Gasteiger partial charge in [-0.1, -0.05) is 35.3 Å². The molecule has 2 rings (SSSR count). The van der Waals surface area contributed by atoms with Crippen LogP contribution >= 0.6 is 50.5 Å². The number of nitrogens with zero attached hydrogens (tertiary/aromatic N) is 1. The first-order valence-corrected chi connectivity index (χ1v) is 12.7. The summed E-state index contributed by atoms with van der Waals surface area (Å²) >= 11 is 15.8. The number of carboxylic acids is 1. The van der Waals surface area contributed by atoms with Gasteiger partial charge < -0.3 is 26.1 Å². The summed E-state index contributed by atoms with van der Waals surface area (Å²) < 4.78 is 33.2. The number of nitrogens with two attached hydrogens (primary N) is 2. The Hall–Kier alpha value is -1.77. The van der Waals surface area contributed by atoms with Gasteiger partial charge in [-0.25, -0.2) is 8.42 Å². The number of hydrogen-bond acceptors (Lipinski definition) is 7. The van der Waals surface area contributed by atoms with E-state index in [0.717, 1.165) is 11.3 Å². The molecule has 0 saturated carbocycles. The highest BCUT2D eigenvalue weighted by Crippen LogP contribution is 2.42. The maximum atomic E-state index is 12.7. The van der Waals surface area contributed by atoms with Crippen molar-refractivity contribution in [1.29, 1.82) is 0 Å². The van der Waals surface area contributed by atoms with E-state index in [-0.39, 0.29) is 37.0 Å². The number of carboxylic acid groups (broad SMARTS) is 1. The van der Waals surface area contributed by atoms with Crippen LogP contribution in [0.25, 0.3) is 0 Å². The number of ether oxygens (including phenoxy) is 1. The molecule has 32 heavy (non-hydrogen) atoms. The number of halogens is 3. The SMILES string of the molecule is NC(N)=NOCCCOc1ccc(C[C@H](NS(=O)(=O)c2c(Cl)sc(Cl)c2Br)C(=O)O)cc1. The van der Waals surface area contributed by atoms with Crippen LogP contribution in [0.15, 0.2) is 38.8 Å². The molecule has 0 bridgehead atoms. The molecule has 0 aliphatic heterocycles. The van der Waals surface area contributed by atoms with E-state index in [1.54, 1.807) is 24.3 Å². The van der Waals surface area contributed by atoms with Gasteiger partial charge in [0.15, 0.2) is 0 Å². The van der Waals surface area contributed by atoms with E-state index in [2.05, 4.69) is 25.8 Å². The minimum atomic E-state index is -4.24. The van der Waals surface area contributed by atoms with Crippen molar-refractivity contribution in [2.45, 2.75) is 23.8 Å². The zero-order valence-electron chi connectivity index (χ0n) is 16.3. The molecule has 0 unspecified atom stereocenters. The normalized spacial score (nSPS) is 12.2. The Balaban J connectivity index is 1.98. The zero-order valence-corrected chi connectivity index (χ0v) is 21.0. The molecule has 10 nitrogen and oxygen atoms in total. The predicted octanol–water partition coefficient (Wildman–Crippen LogP) is 2.77. The van der Waals surface area contributed by atoms with Crippen molar-refractivity contribution < 1.29 is 27.9 Å². The Kier molecular flexibility index (Phi) is 9.85. The molecule has 2 aromatic rings. The van der Waals surface area contributed by atoms with Crippen LogP contribution in [0.2, 0.25) is 8.67 Å². The minimum Gasteiger partial charge on any atom is -0.493 e. The molecule has 0 fully saturated rings. The molecule has 15 heteroatoms. The summed E-state index contributed by atoms with van der Waals surface area (Å²) in [5, 5.41) is 12.9. The number of carbonyl (C=O) groups is 1. The third-order valence-corrected chi connectivity index (χ3v) is 8.71. The molecule has 1 heterocycles. The molecular formula is C17H19BrCl2N4O6S2. The van der Waals surface area contributed by atoms with Gasteiger partial charge in [0, 0.05) is 6.42 Å². The Bertz CT molecular complexity index is 1080. The number of thiophene rings is 1. The van der Waals surface area contributed by atoms with Gasteiger partial charge in [0.05, 0.1) is 11.1 Å². The van der Waals surface area contributed by atoms with Gasteiger partial charge >= 0.3 is 5.97 Å². The summed E-state index contributed by atoms with van der Waals surface area (Å²) in [5.41, 5.74) is 10.8. The Morgan fingerprint density at radius 3 is 2.41 bits per heavy atom. The number of benzene rings is 1. The van der Waals surface area contributed by atoms with Crippen molar-refractivity contribution in [2.75, 3.05) is 13.2 Å². The number of nitrogens with one attached hydrogen (secondary N) is 1. The summed E-state index contributed by atoms with van der Waals surface area (Å²) in [5.74, 6) is -0.965. The summed E-state index contributed by atoms with van der Waals surface area (Å²) in [6, 6.07) is 5.14. The van der Waals surface area contributed by atoms with Crippen LogP contribution in [0.4, 0.5) is 0 Å². The molecule has 0 aliphatic rings. The molecule has 0 spiro atoms. The number of aliphatic carboxylic acids is 1. The highest BCUT2D eigenvalue weighted by Gasteiger charge is 2.31. The first-order chi connectivity index (χ1) is 15.0. The van der Waals surface area contributed by atoms with Crippen molar-refractivity contribution in [1.82, 2.24) is 4.72 Å². The predicted molar refractivity (Wildman–Crippen MR) is 126 cm³/mol. The zero-order chi connectivity index (χ0) is 23.9. The van der Waals surface area contributed by atoms with Gasteiger partial charge in [-0.2, -0.15) is 4.72 Å². The van der Waals surface area contributed by atoms with E-state index in [0.29, 0.717) is 24.3 Å². The first-order valence-electron chi connectivity index (χ1n) is 8.82. The highest BCUT2D eigenvalue weighted by molar-refractivity contribution is 9.10. The van der Waals surface area contributed by atoms with Crippen molar-refractivity contribution >= 4 is 72.4 Å². The monoisotopic (exact) mass is 588 g/mol. The quantitative estimate of drug-likeness (QED) is 0.127. The van der Waals surface area contributed by atoms with Crippen molar-refractivity contribution in [2.24, 2.45) is 16.6 Å². The second kappa shape index (κ2) is 11.9. The lowest BCUT2D eigenvalue weighted by Gasteiger charge is -2.15. The third kappa shape index (κ3) is 7.67. The van der Waals surface area contributed by atoms with Gasteiger partial charge in [-0.05, 0) is 45.2 Å². The molecule has 0 radical (unpaired) electrons. The fourth-order valence-corrected chi connectivity index (χ4v) is 7.13. The Morgan fingerprint density at radius 2 is 1.88 bits per heavy atom. The number of rotatable bonds is 12. The third-order valence-electron chi connectivity index (χ3n) is 3.78. The van der Waals surface area contributed by atoms with E-state index >= 15 is 0 Å². The van der Waals surface area contributed by atoms with Gasteiger partial charge in [0.1, 0.15) is 32.0 Å². The molecule has 1 aromatic heterocycles. The van der Waals surface area contributed by atoms with Crippen LogP contribution in [-0.4, -0.2) is 44.7 Å². The van der Waals surface area contributed by atoms with Crippen LogP contribution < -0.4 is 20.9 Å². The summed E-state index contributed by atoms with van der Waals surface area (Å²) in [4.78, 5) is 16.2. The number of guanidine groups is 1. The van der Waals surface area contributed by atoms with Gasteiger partial charge in [-0.15, -0.1) is 11.3 Å². The average Bonchev–Trinajstić information content (AvgIpc) is 2.97. The lowest BCUT2D eigenvalue weighted by molar-refractivity contribution is -0.138. The Morgan fingerprint density at radius 1 is 1.22 bits per heavy atom. The van der Waals surface area contributed by atoms with Gasteiger partial charge in [0.25, 0.3) is 0 Å². The van der Waals surface area contributed by atoms with E-state index < -0.39 is 22.0 Å². The number of oxime groups is 1. The van der Waals surface area contributed by atoms with Crippen LogP contribution in [-0.2, 0) is 26.1 Å². The van der Waals surface area contributed by atoms with Gasteiger partial charge in [-0.3, -0.25) is 4.79 Å². The molecule has 6 N–H and O–H groups in total. The summed E-state index contributed by atoms with van der Waals surface area (Å²) in [6.45, 7) is 0.613. The maximum Gasteiger partial charge on any atom is 0.322 e. The summed E-state index contributed by atoms with van der Waals surface area (Å²) in [7, 11) is -4.24. The van der Waals surface area contributed by atoms with Crippen molar-refractivity contribution in [3.8, 4) is 5.75 Å². The molecule has 176 valence electrons. The van der Waals surface area contributed by atoms with Crippen LogP contribution in [0.1, 0.15) is 12.0 Å². The molecule has 1 atom stereocenters. The van der Waals surface area contributed by atoms with Crippen LogP contribution in [0.5, 0.6) is 5.75 Å². The smallest absolute Gasteiger partial charge is 0.322 e. The fourth-order valence-electron chi connectivity index (χ4n) is 2.39. The Labute approximate surface area is 206 Å². The topological polar surface area (TPSA) is 166 Å². The van der Waals surface area contributed by atoms with E-state index in [9.17, 15) is 18.3 Å². The highest BCUT2D eigenvalue weighted by atomic mass is 79.9. The second-order valence-corrected chi connectivity index (χ2v) is 10.9. The number of sulfonamides is 1. The minimum absolute atomic E-state index is 0.0796. The first kappa shape index (κ1) is 26.5. The fraction of sp³-hybridized carbons (Fsp3) is 0.294. The van der Waals surface area contributed by atoms with Crippen molar-refractivity contribution in [3.63, 3.8) is 0 Å². The molecule has 0 saturated heterocycles. The lowest BCUT2D eigenvalue weighted by Crippen LogP contribution is -2.42. The molecule has 1 aromatic carbocycles. The maximum absolute atomic E-state index is 12.7. The number of hydrogen-bond donors (Lipinski definition) is 4. The van der Waals surface area contributed by atoms with E-state index in [1.165, 1.54) is 0 Å². The molecule has 0 aliphatic carbocycles. The van der Waals surface area contributed by atoms with E-state index in [1.807, 2.05) is 0 Å². The standard InChI is InChI=1S/C17H19BrCl2N4O6S2/c18-12-13(15(20)31-14(12)19)32(27,28)24-11(16(25)26)8-9-2-4-10(5-3-9)29-6-1-7-30-23-17(21)22/h2-5,11,24H,1,6-8H2,(H,25,26)(H4,21,22,23)/t11-/m0/s1. The lowest BCUT2D eigenvalue weighted by atomic mass is 10.1. The van der Waals surface area contributed by atoms with Gasteiger partial charge in [0.2, 0.25) is 16.0 Å².